The van der Waals surface area contributed by atoms with E-state index in [2.05, 4.69) is 31.9 Å². The van der Waals surface area contributed by atoms with Crippen molar-refractivity contribution in [1.29, 1.82) is 0 Å². The van der Waals surface area contributed by atoms with Gasteiger partial charge in [0.05, 0.1) is 19.1 Å². The Hall–Kier alpha value is -5.88. The van der Waals surface area contributed by atoms with Crippen molar-refractivity contribution in [3.05, 3.63) is 71.8 Å². The lowest BCUT2D eigenvalue weighted by atomic mass is 10.0. The van der Waals surface area contributed by atoms with Gasteiger partial charge in [0.2, 0.25) is 41.4 Å². The van der Waals surface area contributed by atoms with Gasteiger partial charge in [-0.1, -0.05) is 74.5 Å². The Kier molecular flexibility index (Phi) is 17.7. The molecule has 2 aromatic rings. The number of carboxylic acid groups (broad SMARTS) is 1. The van der Waals surface area contributed by atoms with Gasteiger partial charge >= 0.3 is 5.97 Å². The Morgan fingerprint density at radius 2 is 1.02 bits per heavy atom. The first kappa shape index (κ1) is 44.3. The summed E-state index contributed by atoms with van der Waals surface area (Å²) in [5.41, 5.74) is 6.49. The average molecular weight is 756 g/mol. The number of aliphatic hydroxyl groups is 2. The third kappa shape index (κ3) is 14.6. The highest BCUT2D eigenvalue weighted by Gasteiger charge is 2.35. The van der Waals surface area contributed by atoms with Crippen LogP contribution in [0.1, 0.15) is 45.2 Å². The molecule has 294 valence electrons. The molecule has 0 fully saturated rings. The topological polar surface area (TPSA) is 295 Å². The van der Waals surface area contributed by atoms with E-state index in [-0.39, 0.29) is 12.8 Å². The molecule has 2 rings (SSSR count). The van der Waals surface area contributed by atoms with Crippen molar-refractivity contribution < 1.29 is 53.7 Å². The van der Waals surface area contributed by atoms with Crippen molar-refractivity contribution in [1.82, 2.24) is 31.9 Å². The molecule has 0 aliphatic heterocycles. The summed E-state index contributed by atoms with van der Waals surface area (Å²) in [5, 5.41) is 44.0. The zero-order valence-corrected chi connectivity index (χ0v) is 30.4. The third-order valence-electron chi connectivity index (χ3n) is 8.04. The molecule has 0 spiro atoms. The molecular formula is C36H49N7O11. The second kappa shape index (κ2) is 21.6. The van der Waals surface area contributed by atoms with Gasteiger partial charge in [0, 0.05) is 19.8 Å². The second-order valence-corrected chi connectivity index (χ2v) is 13.0. The summed E-state index contributed by atoms with van der Waals surface area (Å²) in [6.07, 6.45) is -2.33. The van der Waals surface area contributed by atoms with Crippen LogP contribution in [-0.4, -0.2) is 112 Å². The van der Waals surface area contributed by atoms with Gasteiger partial charge in [0.15, 0.2) is 0 Å². The van der Waals surface area contributed by atoms with Crippen molar-refractivity contribution in [2.45, 2.75) is 89.3 Å². The number of primary amides is 1. The van der Waals surface area contributed by atoms with Crippen molar-refractivity contribution >= 4 is 47.3 Å². The summed E-state index contributed by atoms with van der Waals surface area (Å²) in [6, 6.07) is 7.80. The van der Waals surface area contributed by atoms with E-state index in [1.807, 2.05) is 0 Å². The molecule has 11 N–H and O–H groups in total. The minimum atomic E-state index is -1.66. The van der Waals surface area contributed by atoms with Gasteiger partial charge in [-0.2, -0.15) is 0 Å². The van der Waals surface area contributed by atoms with Crippen LogP contribution in [0.25, 0.3) is 0 Å². The Bertz CT molecular complexity index is 1620. The predicted molar refractivity (Wildman–Crippen MR) is 193 cm³/mol. The fourth-order valence-electron chi connectivity index (χ4n) is 5.19. The van der Waals surface area contributed by atoms with Crippen molar-refractivity contribution in [3.8, 4) is 0 Å². The first-order valence-corrected chi connectivity index (χ1v) is 17.1. The fraction of sp³-hybridized carbons (Fsp3) is 0.444. The molecule has 1 unspecified atom stereocenters. The molecule has 0 radical (unpaired) electrons. The number of aliphatic hydroxyl groups excluding tert-OH is 2. The Morgan fingerprint density at radius 1 is 0.593 bits per heavy atom. The number of aliphatic carboxylic acids is 1. The molecule has 2 aromatic carbocycles. The summed E-state index contributed by atoms with van der Waals surface area (Å²) in [4.78, 5) is 102. The minimum Gasteiger partial charge on any atom is -0.480 e. The van der Waals surface area contributed by atoms with Crippen LogP contribution in [0.15, 0.2) is 60.7 Å². The first-order chi connectivity index (χ1) is 25.4. The molecule has 0 aliphatic carbocycles. The van der Waals surface area contributed by atoms with Gasteiger partial charge in [-0.15, -0.1) is 0 Å². The minimum absolute atomic E-state index is 0.113. The summed E-state index contributed by atoms with van der Waals surface area (Å²) >= 11 is 0. The lowest BCUT2D eigenvalue weighted by molar-refractivity contribution is -0.142. The van der Waals surface area contributed by atoms with E-state index in [1.54, 1.807) is 74.5 Å². The maximum Gasteiger partial charge on any atom is 0.326 e. The van der Waals surface area contributed by atoms with Crippen LogP contribution in [0.3, 0.4) is 0 Å². The molecule has 7 amide bonds. The normalized spacial score (nSPS) is 14.8. The maximum absolute atomic E-state index is 13.7. The molecule has 0 aliphatic rings. The van der Waals surface area contributed by atoms with Crippen LogP contribution in [-0.2, 0) is 51.2 Å². The average Bonchev–Trinajstić information content (AvgIpc) is 3.10. The van der Waals surface area contributed by atoms with Gasteiger partial charge in [0.25, 0.3) is 0 Å². The predicted octanol–water partition coefficient (Wildman–Crippen LogP) is -2.61. The smallest absolute Gasteiger partial charge is 0.326 e. The summed E-state index contributed by atoms with van der Waals surface area (Å²) in [5.74, 6) is -8.43. The summed E-state index contributed by atoms with van der Waals surface area (Å²) in [7, 11) is 0. The fourth-order valence-corrected chi connectivity index (χ4v) is 5.19. The molecule has 0 aromatic heterocycles. The van der Waals surface area contributed by atoms with Crippen LogP contribution >= 0.6 is 0 Å². The monoisotopic (exact) mass is 755 g/mol. The second-order valence-electron chi connectivity index (χ2n) is 13.0. The standard InChI is InChI=1S/C36H49N7O11/c1-19(2)29(43-35(52)30(20(3)45)38-21(4)46)34(51)42-27(18-44)33(50)39-24(15-22-11-7-5-8-12-22)31(48)40-25(17-28(37)47)32(49)41-26(36(53)54)16-23-13-9-6-10-14-23/h5-14,19-20,24-27,29-30,44-45H,15-18H2,1-4H3,(H2,37,47)(H,38,46)(H,39,50)(H,40,48)(H,41,49)(H,42,51)(H,43,52)(H,53,54)/t20?,24-,25-,26-,27-,29-,30-/m0/s1. The molecule has 7 atom stereocenters. The molecule has 18 nitrogen and oxygen atoms in total. The summed E-state index contributed by atoms with van der Waals surface area (Å²) < 4.78 is 0. The highest BCUT2D eigenvalue weighted by Crippen LogP contribution is 2.09. The van der Waals surface area contributed by atoms with E-state index in [0.29, 0.717) is 11.1 Å². The molecule has 0 saturated heterocycles. The van der Waals surface area contributed by atoms with Crippen molar-refractivity contribution in [2.24, 2.45) is 11.7 Å². The van der Waals surface area contributed by atoms with Gasteiger partial charge in [-0.3, -0.25) is 33.6 Å². The van der Waals surface area contributed by atoms with Gasteiger partial charge in [-0.05, 0) is 24.0 Å². The number of hydrogen-bond acceptors (Lipinski definition) is 10. The quantitative estimate of drug-likeness (QED) is 0.0630. The Balaban J connectivity index is 2.30. The van der Waals surface area contributed by atoms with E-state index in [0.717, 1.165) is 6.92 Å². The number of nitrogens with two attached hydrogens (primary N) is 1. The molecule has 0 bridgehead atoms. The number of nitrogens with one attached hydrogen (secondary N) is 6. The van der Waals surface area contributed by atoms with E-state index in [9.17, 15) is 53.7 Å². The van der Waals surface area contributed by atoms with Crippen LogP contribution in [0.5, 0.6) is 0 Å². The summed E-state index contributed by atoms with van der Waals surface area (Å²) in [6.45, 7) is 4.60. The maximum atomic E-state index is 13.7. The van der Waals surface area contributed by atoms with E-state index >= 15 is 0 Å². The molecular weight excluding hydrogens is 706 g/mol. The van der Waals surface area contributed by atoms with Crippen LogP contribution in [0.2, 0.25) is 0 Å². The number of rotatable bonds is 21. The number of benzene rings is 2. The zero-order valence-electron chi connectivity index (χ0n) is 30.4. The third-order valence-corrected chi connectivity index (χ3v) is 8.04. The van der Waals surface area contributed by atoms with Crippen LogP contribution < -0.4 is 37.6 Å². The number of carbonyl (C=O) groups is 8. The SMILES string of the molecule is CC(=O)N[C@H](C(=O)N[C@H](C(=O)N[C@@H](CO)C(=O)N[C@@H](Cc1ccccc1)C(=O)N[C@@H](CC(N)=O)C(=O)N[C@@H](Cc1ccccc1)C(=O)O)C(C)C)C(C)O. The highest BCUT2D eigenvalue weighted by atomic mass is 16.4. The number of carbonyl (C=O) groups excluding carboxylic acids is 7. The van der Waals surface area contributed by atoms with Gasteiger partial charge < -0.3 is 53.0 Å². The zero-order chi connectivity index (χ0) is 40.5. The van der Waals surface area contributed by atoms with Gasteiger partial charge in [0.1, 0.15) is 36.3 Å². The largest absolute Gasteiger partial charge is 0.480 e. The molecule has 0 saturated carbocycles. The molecule has 0 heterocycles. The van der Waals surface area contributed by atoms with E-state index in [1.165, 1.54) is 6.92 Å². The van der Waals surface area contributed by atoms with Gasteiger partial charge in [-0.25, -0.2) is 4.79 Å². The Morgan fingerprint density at radius 3 is 1.46 bits per heavy atom. The lowest BCUT2D eigenvalue weighted by Gasteiger charge is -2.28. The van der Waals surface area contributed by atoms with Crippen LogP contribution in [0.4, 0.5) is 0 Å². The molecule has 18 heteroatoms. The van der Waals surface area contributed by atoms with E-state index in [4.69, 9.17) is 5.73 Å². The Labute approximate surface area is 312 Å². The highest BCUT2D eigenvalue weighted by molar-refractivity contribution is 5.98. The molecule has 54 heavy (non-hydrogen) atoms. The first-order valence-electron chi connectivity index (χ1n) is 17.1. The van der Waals surface area contributed by atoms with E-state index < -0.39 is 109 Å². The number of hydrogen-bond donors (Lipinski definition) is 10. The number of amides is 7. The number of carboxylic acids is 1. The van der Waals surface area contributed by atoms with Crippen LogP contribution in [0, 0.1) is 5.92 Å². The van der Waals surface area contributed by atoms with Crippen molar-refractivity contribution in [2.75, 3.05) is 6.61 Å². The van der Waals surface area contributed by atoms with Crippen molar-refractivity contribution in [3.63, 3.8) is 0 Å². The lowest BCUT2D eigenvalue weighted by Crippen LogP contribution is -2.62.